The predicted octanol–water partition coefficient (Wildman–Crippen LogP) is 4.80. The number of carbonyl (C=O) groups is 1. The number of nitrogens with zero attached hydrogens (tertiary/aromatic N) is 1. The normalized spacial score (nSPS) is 15.2. The van der Waals surface area contributed by atoms with E-state index in [0.29, 0.717) is 6.42 Å². The summed E-state index contributed by atoms with van der Waals surface area (Å²) in [6, 6.07) is 14.8. The number of piperidine rings is 1. The molecule has 150 valence electrons. The van der Waals surface area contributed by atoms with Crippen molar-refractivity contribution >= 4 is 11.6 Å². The van der Waals surface area contributed by atoms with Gasteiger partial charge in [-0.25, -0.2) is 0 Å². The molecule has 1 heterocycles. The molecule has 1 N–H and O–H groups in total. The molecule has 2 aromatic carbocycles. The molecule has 1 aliphatic heterocycles. The highest BCUT2D eigenvalue weighted by atomic mass is 16.5. The van der Waals surface area contributed by atoms with Crippen molar-refractivity contribution in [2.24, 2.45) is 0 Å². The SMILES string of the molecule is COc1ccc(CCC(=O)N[C@H](C)c2ccc(N3CCCCC3)cc2)cc1C. The van der Waals surface area contributed by atoms with Crippen molar-refractivity contribution in [2.75, 3.05) is 25.1 Å². The van der Waals surface area contributed by atoms with Gasteiger partial charge in [-0.3, -0.25) is 4.79 Å². The molecule has 1 aliphatic rings. The zero-order valence-corrected chi connectivity index (χ0v) is 17.3. The maximum absolute atomic E-state index is 12.4. The van der Waals surface area contributed by atoms with Crippen LogP contribution in [-0.4, -0.2) is 26.1 Å². The minimum Gasteiger partial charge on any atom is -0.496 e. The molecule has 4 heteroatoms. The van der Waals surface area contributed by atoms with Crippen LogP contribution in [0, 0.1) is 6.92 Å². The lowest BCUT2D eigenvalue weighted by Gasteiger charge is -2.29. The average molecular weight is 381 g/mol. The molecule has 1 amide bonds. The molecule has 0 aliphatic carbocycles. The van der Waals surface area contributed by atoms with E-state index in [4.69, 9.17) is 4.74 Å². The van der Waals surface area contributed by atoms with Crippen LogP contribution in [0.3, 0.4) is 0 Å². The molecule has 4 nitrogen and oxygen atoms in total. The van der Waals surface area contributed by atoms with Gasteiger partial charge in [-0.2, -0.15) is 0 Å². The topological polar surface area (TPSA) is 41.6 Å². The van der Waals surface area contributed by atoms with Gasteiger partial charge in [-0.15, -0.1) is 0 Å². The lowest BCUT2D eigenvalue weighted by atomic mass is 10.0. The first-order chi connectivity index (χ1) is 13.6. The van der Waals surface area contributed by atoms with Gasteiger partial charge < -0.3 is 15.0 Å². The number of hydrogen-bond donors (Lipinski definition) is 1. The second kappa shape index (κ2) is 9.63. The van der Waals surface area contributed by atoms with Crippen molar-refractivity contribution in [3.05, 3.63) is 59.2 Å². The van der Waals surface area contributed by atoms with Crippen LogP contribution in [0.15, 0.2) is 42.5 Å². The average Bonchev–Trinajstić information content (AvgIpc) is 2.73. The Hall–Kier alpha value is -2.49. The number of benzene rings is 2. The summed E-state index contributed by atoms with van der Waals surface area (Å²) in [6.45, 7) is 6.37. The first-order valence-corrected chi connectivity index (χ1v) is 10.3. The Labute approximate surface area is 168 Å². The van der Waals surface area contributed by atoms with Crippen LogP contribution in [-0.2, 0) is 11.2 Å². The van der Waals surface area contributed by atoms with Gasteiger partial charge in [0.25, 0.3) is 0 Å². The molecule has 1 saturated heterocycles. The van der Waals surface area contributed by atoms with Crippen molar-refractivity contribution in [1.82, 2.24) is 5.32 Å². The van der Waals surface area contributed by atoms with E-state index in [1.807, 2.05) is 26.0 Å². The fourth-order valence-corrected chi connectivity index (χ4v) is 3.88. The molecule has 3 rings (SSSR count). The van der Waals surface area contributed by atoms with Gasteiger partial charge in [0.2, 0.25) is 5.91 Å². The third kappa shape index (κ3) is 5.28. The van der Waals surface area contributed by atoms with Crippen molar-refractivity contribution in [1.29, 1.82) is 0 Å². The fraction of sp³-hybridized carbons (Fsp3) is 0.458. The number of aryl methyl sites for hydroxylation is 2. The van der Waals surface area contributed by atoms with Gasteiger partial charge in [0.1, 0.15) is 5.75 Å². The third-order valence-electron chi connectivity index (χ3n) is 5.59. The Balaban J connectivity index is 1.50. The van der Waals surface area contributed by atoms with E-state index in [1.54, 1.807) is 7.11 Å². The van der Waals surface area contributed by atoms with E-state index in [-0.39, 0.29) is 11.9 Å². The molecule has 0 unspecified atom stereocenters. The Morgan fingerprint density at radius 1 is 1.11 bits per heavy atom. The van der Waals surface area contributed by atoms with E-state index in [0.717, 1.165) is 42.0 Å². The number of hydrogen-bond acceptors (Lipinski definition) is 3. The summed E-state index contributed by atoms with van der Waals surface area (Å²) >= 11 is 0. The highest BCUT2D eigenvalue weighted by molar-refractivity contribution is 5.76. The van der Waals surface area contributed by atoms with Crippen molar-refractivity contribution in [2.45, 2.75) is 52.0 Å². The number of amides is 1. The van der Waals surface area contributed by atoms with E-state index in [2.05, 4.69) is 40.5 Å². The van der Waals surface area contributed by atoms with Crippen molar-refractivity contribution < 1.29 is 9.53 Å². The molecule has 1 atom stereocenters. The second-order valence-corrected chi connectivity index (χ2v) is 7.73. The zero-order valence-electron chi connectivity index (χ0n) is 17.3. The number of rotatable bonds is 7. The lowest BCUT2D eigenvalue weighted by molar-refractivity contribution is -0.121. The standard InChI is InChI=1S/C24H32N2O2/c1-18-17-20(7-13-23(18)28-3)8-14-24(27)25-19(2)21-9-11-22(12-10-21)26-15-5-4-6-16-26/h7,9-13,17,19H,4-6,8,14-16H2,1-3H3,(H,25,27)/t19-/m1/s1. The smallest absolute Gasteiger partial charge is 0.220 e. The van der Waals surface area contributed by atoms with Gasteiger partial charge in [-0.05, 0) is 74.4 Å². The molecular weight excluding hydrogens is 348 g/mol. The number of anilines is 1. The Morgan fingerprint density at radius 2 is 1.82 bits per heavy atom. The van der Waals surface area contributed by atoms with Gasteiger partial charge in [-0.1, -0.05) is 24.3 Å². The molecule has 0 saturated carbocycles. The highest BCUT2D eigenvalue weighted by Gasteiger charge is 2.13. The Bertz CT molecular complexity index is 780. The summed E-state index contributed by atoms with van der Waals surface area (Å²) < 4.78 is 5.29. The van der Waals surface area contributed by atoms with E-state index in [1.165, 1.54) is 24.9 Å². The van der Waals surface area contributed by atoms with Crippen LogP contribution in [0.25, 0.3) is 0 Å². The molecular formula is C24H32N2O2. The van der Waals surface area contributed by atoms with Crippen molar-refractivity contribution in [3.8, 4) is 5.75 Å². The molecule has 0 bridgehead atoms. The van der Waals surface area contributed by atoms with Crippen molar-refractivity contribution in [3.63, 3.8) is 0 Å². The van der Waals surface area contributed by atoms with Crippen LogP contribution in [0.4, 0.5) is 5.69 Å². The largest absolute Gasteiger partial charge is 0.496 e. The molecule has 28 heavy (non-hydrogen) atoms. The quantitative estimate of drug-likeness (QED) is 0.750. The number of ether oxygens (including phenoxy) is 1. The van der Waals surface area contributed by atoms with Crippen LogP contribution in [0.2, 0.25) is 0 Å². The summed E-state index contributed by atoms with van der Waals surface area (Å²) in [5.41, 5.74) is 4.70. The Kier molecular flexibility index (Phi) is 6.96. The predicted molar refractivity (Wildman–Crippen MR) is 115 cm³/mol. The minimum absolute atomic E-state index is 0.0144. The first-order valence-electron chi connectivity index (χ1n) is 10.3. The molecule has 0 aromatic heterocycles. The number of nitrogens with one attached hydrogen (secondary N) is 1. The summed E-state index contributed by atoms with van der Waals surface area (Å²) in [7, 11) is 1.68. The third-order valence-corrected chi connectivity index (χ3v) is 5.59. The van der Waals surface area contributed by atoms with E-state index in [9.17, 15) is 4.79 Å². The summed E-state index contributed by atoms with van der Waals surface area (Å²) in [4.78, 5) is 14.8. The van der Waals surface area contributed by atoms with Crippen LogP contribution in [0.5, 0.6) is 5.75 Å². The second-order valence-electron chi connectivity index (χ2n) is 7.73. The van der Waals surface area contributed by atoms with E-state index >= 15 is 0 Å². The molecule has 0 spiro atoms. The monoisotopic (exact) mass is 380 g/mol. The molecule has 0 radical (unpaired) electrons. The molecule has 1 fully saturated rings. The van der Waals surface area contributed by atoms with Gasteiger partial charge in [0.05, 0.1) is 13.2 Å². The van der Waals surface area contributed by atoms with Crippen LogP contribution >= 0.6 is 0 Å². The fourth-order valence-electron chi connectivity index (χ4n) is 3.88. The lowest BCUT2D eigenvalue weighted by Crippen LogP contribution is -2.29. The van der Waals surface area contributed by atoms with Gasteiger partial charge in [0.15, 0.2) is 0 Å². The summed E-state index contributed by atoms with van der Waals surface area (Å²) in [5.74, 6) is 0.968. The maximum Gasteiger partial charge on any atom is 0.220 e. The number of carbonyl (C=O) groups excluding carboxylic acids is 1. The van der Waals surface area contributed by atoms with Gasteiger partial charge >= 0.3 is 0 Å². The summed E-state index contributed by atoms with van der Waals surface area (Å²) in [6.07, 6.45) is 5.12. The minimum atomic E-state index is 0.0144. The van der Waals surface area contributed by atoms with Crippen LogP contribution in [0.1, 0.15) is 55.3 Å². The van der Waals surface area contributed by atoms with Crippen LogP contribution < -0.4 is 15.0 Å². The summed E-state index contributed by atoms with van der Waals surface area (Å²) in [5, 5.41) is 3.13. The Morgan fingerprint density at radius 3 is 2.46 bits per heavy atom. The van der Waals surface area contributed by atoms with E-state index < -0.39 is 0 Å². The molecule has 2 aromatic rings. The number of methoxy groups -OCH3 is 1. The first kappa shape index (κ1) is 20.2. The highest BCUT2D eigenvalue weighted by Crippen LogP contribution is 2.23. The maximum atomic E-state index is 12.4. The zero-order chi connectivity index (χ0) is 19.9. The van der Waals surface area contributed by atoms with Gasteiger partial charge in [0, 0.05) is 25.2 Å².